The molecule has 0 bridgehead atoms. The number of amides is 1. The van der Waals surface area contributed by atoms with Gasteiger partial charge in [-0.15, -0.1) is 11.3 Å². The van der Waals surface area contributed by atoms with E-state index >= 15 is 0 Å². The van der Waals surface area contributed by atoms with Crippen molar-refractivity contribution in [3.05, 3.63) is 52.0 Å². The third-order valence-electron chi connectivity index (χ3n) is 3.37. The fourth-order valence-corrected chi connectivity index (χ4v) is 2.89. The predicted molar refractivity (Wildman–Crippen MR) is 71.1 cm³/mol. The lowest BCUT2D eigenvalue weighted by Gasteiger charge is -1.98. The van der Waals surface area contributed by atoms with E-state index < -0.39 is 0 Å². The summed E-state index contributed by atoms with van der Waals surface area (Å²) in [7, 11) is 1.87. The lowest BCUT2D eigenvalue weighted by molar-refractivity contribution is -0.119. The van der Waals surface area contributed by atoms with Crippen LogP contribution in [0.3, 0.4) is 0 Å². The van der Waals surface area contributed by atoms with Crippen molar-refractivity contribution in [3.8, 4) is 0 Å². The second-order valence-electron chi connectivity index (χ2n) is 4.75. The molecule has 19 heavy (non-hydrogen) atoms. The van der Waals surface area contributed by atoms with Gasteiger partial charge in [-0.2, -0.15) is 4.99 Å². The van der Waals surface area contributed by atoms with E-state index in [-0.39, 0.29) is 23.6 Å². The molecule has 1 aliphatic rings. The van der Waals surface area contributed by atoms with Crippen molar-refractivity contribution in [2.45, 2.75) is 12.3 Å². The zero-order chi connectivity index (χ0) is 13.4. The molecule has 0 spiro atoms. The van der Waals surface area contributed by atoms with Crippen LogP contribution < -0.4 is 4.80 Å². The fourth-order valence-electron chi connectivity index (χ4n) is 2.16. The number of thiazole rings is 1. The lowest BCUT2D eigenvalue weighted by atomic mass is 10.1. The van der Waals surface area contributed by atoms with Crippen LogP contribution in [0.15, 0.2) is 40.8 Å². The maximum Gasteiger partial charge on any atom is 0.252 e. The Kier molecular flexibility index (Phi) is 3.06. The summed E-state index contributed by atoms with van der Waals surface area (Å²) in [5.74, 6) is -0.176. The number of carbonyl (C=O) groups is 1. The van der Waals surface area contributed by atoms with Crippen LogP contribution in [0, 0.1) is 11.7 Å². The summed E-state index contributed by atoms with van der Waals surface area (Å²) in [6.45, 7) is 0. The van der Waals surface area contributed by atoms with E-state index in [9.17, 15) is 9.18 Å². The molecule has 0 unspecified atom stereocenters. The predicted octanol–water partition coefficient (Wildman–Crippen LogP) is 2.46. The molecule has 1 aromatic carbocycles. The fraction of sp³-hybridized carbons (Fsp3) is 0.286. The lowest BCUT2D eigenvalue weighted by Crippen LogP contribution is -2.13. The second kappa shape index (κ2) is 4.74. The van der Waals surface area contributed by atoms with Crippen molar-refractivity contribution < 1.29 is 9.18 Å². The SMILES string of the molecule is Cn1ccsc1=NC(=O)[C@H]1C[C@@H]1c1ccc(F)cc1. The maximum absolute atomic E-state index is 12.8. The Morgan fingerprint density at radius 2 is 2.16 bits per heavy atom. The van der Waals surface area contributed by atoms with Crippen molar-refractivity contribution in [1.29, 1.82) is 0 Å². The summed E-state index contributed by atoms with van der Waals surface area (Å²) in [4.78, 5) is 16.9. The zero-order valence-corrected chi connectivity index (χ0v) is 11.2. The van der Waals surface area contributed by atoms with Crippen LogP contribution in [-0.2, 0) is 11.8 Å². The minimum atomic E-state index is -0.248. The molecule has 3 nitrogen and oxygen atoms in total. The Morgan fingerprint density at radius 3 is 2.79 bits per heavy atom. The smallest absolute Gasteiger partial charge is 0.252 e. The molecule has 0 N–H and O–H groups in total. The quantitative estimate of drug-likeness (QED) is 0.829. The van der Waals surface area contributed by atoms with Gasteiger partial charge in [-0.25, -0.2) is 4.39 Å². The van der Waals surface area contributed by atoms with E-state index in [1.165, 1.54) is 23.5 Å². The number of nitrogens with zero attached hydrogens (tertiary/aromatic N) is 2. The highest BCUT2D eigenvalue weighted by Gasteiger charge is 2.43. The molecule has 1 amide bonds. The van der Waals surface area contributed by atoms with Gasteiger partial charge in [0.1, 0.15) is 5.82 Å². The number of benzene rings is 1. The molecular weight excluding hydrogens is 263 g/mol. The van der Waals surface area contributed by atoms with E-state index in [1.807, 2.05) is 23.2 Å². The second-order valence-corrected chi connectivity index (χ2v) is 5.62. The normalized spacial score (nSPS) is 22.5. The Balaban J connectivity index is 1.75. The molecule has 2 atom stereocenters. The average Bonchev–Trinajstić information content (AvgIpc) is 3.10. The van der Waals surface area contributed by atoms with Crippen molar-refractivity contribution in [2.24, 2.45) is 18.0 Å². The standard InChI is InChI=1S/C14H13FN2OS/c1-17-6-7-19-14(17)16-13(18)12-8-11(12)9-2-4-10(15)5-3-9/h2-7,11-12H,8H2,1H3/t11-,12+/m1/s1. The first-order chi connectivity index (χ1) is 9.15. The van der Waals surface area contributed by atoms with E-state index in [4.69, 9.17) is 0 Å². The van der Waals surface area contributed by atoms with Gasteiger partial charge < -0.3 is 4.57 Å². The monoisotopic (exact) mass is 276 g/mol. The first-order valence-electron chi connectivity index (χ1n) is 6.09. The molecule has 1 aliphatic carbocycles. The van der Waals surface area contributed by atoms with E-state index in [0.717, 1.165) is 16.8 Å². The van der Waals surface area contributed by atoms with Crippen LogP contribution in [0.2, 0.25) is 0 Å². The molecule has 98 valence electrons. The van der Waals surface area contributed by atoms with Gasteiger partial charge in [-0.1, -0.05) is 12.1 Å². The molecule has 1 aromatic heterocycles. The third kappa shape index (κ3) is 2.51. The van der Waals surface area contributed by atoms with Crippen molar-refractivity contribution in [2.75, 3.05) is 0 Å². The third-order valence-corrected chi connectivity index (χ3v) is 4.22. The van der Waals surface area contributed by atoms with Crippen LogP contribution in [0.25, 0.3) is 0 Å². The van der Waals surface area contributed by atoms with Gasteiger partial charge in [0, 0.05) is 24.5 Å². The molecule has 1 saturated carbocycles. The van der Waals surface area contributed by atoms with Gasteiger partial charge in [0.15, 0.2) is 4.80 Å². The van der Waals surface area contributed by atoms with Crippen LogP contribution in [0.1, 0.15) is 17.9 Å². The maximum atomic E-state index is 12.8. The summed E-state index contributed by atoms with van der Waals surface area (Å²) < 4.78 is 14.7. The topological polar surface area (TPSA) is 34.4 Å². The van der Waals surface area contributed by atoms with Crippen molar-refractivity contribution in [3.63, 3.8) is 0 Å². The Bertz CT molecular complexity index is 671. The summed E-state index contributed by atoms with van der Waals surface area (Å²) in [6.07, 6.45) is 2.68. The van der Waals surface area contributed by atoms with Gasteiger partial charge in [-0.05, 0) is 30.0 Å². The minimum Gasteiger partial charge on any atom is -0.327 e. The highest BCUT2D eigenvalue weighted by molar-refractivity contribution is 7.07. The van der Waals surface area contributed by atoms with E-state index in [0.29, 0.717) is 0 Å². The highest BCUT2D eigenvalue weighted by atomic mass is 32.1. The number of rotatable bonds is 2. The van der Waals surface area contributed by atoms with E-state index in [1.54, 1.807) is 12.1 Å². The first kappa shape index (κ1) is 12.3. The number of aryl methyl sites for hydroxylation is 1. The van der Waals surface area contributed by atoms with Crippen LogP contribution >= 0.6 is 11.3 Å². The van der Waals surface area contributed by atoms with Gasteiger partial charge in [0.05, 0.1) is 0 Å². The molecule has 0 aliphatic heterocycles. The van der Waals surface area contributed by atoms with Crippen LogP contribution in [-0.4, -0.2) is 10.5 Å². The molecule has 5 heteroatoms. The Morgan fingerprint density at radius 1 is 1.42 bits per heavy atom. The number of carbonyl (C=O) groups excluding carboxylic acids is 1. The molecule has 1 fully saturated rings. The zero-order valence-electron chi connectivity index (χ0n) is 10.4. The van der Waals surface area contributed by atoms with Gasteiger partial charge in [-0.3, -0.25) is 4.79 Å². The Labute approximate surface area is 114 Å². The largest absolute Gasteiger partial charge is 0.327 e. The molecule has 1 heterocycles. The number of hydrogen-bond acceptors (Lipinski definition) is 2. The first-order valence-corrected chi connectivity index (χ1v) is 6.97. The number of halogens is 1. The highest BCUT2D eigenvalue weighted by Crippen LogP contribution is 2.48. The van der Waals surface area contributed by atoms with Crippen LogP contribution in [0.4, 0.5) is 4.39 Å². The van der Waals surface area contributed by atoms with Crippen molar-refractivity contribution >= 4 is 17.2 Å². The molecule has 2 aromatic rings. The Hall–Kier alpha value is -1.75. The van der Waals surface area contributed by atoms with Gasteiger partial charge in [0.2, 0.25) is 0 Å². The van der Waals surface area contributed by atoms with Crippen molar-refractivity contribution in [1.82, 2.24) is 4.57 Å². The summed E-state index contributed by atoms with van der Waals surface area (Å²) in [6, 6.07) is 6.37. The van der Waals surface area contributed by atoms with Gasteiger partial charge in [0.25, 0.3) is 5.91 Å². The number of hydrogen-bond donors (Lipinski definition) is 0. The molecular formula is C14H13FN2OS. The summed E-state index contributed by atoms with van der Waals surface area (Å²) in [5.41, 5.74) is 1.02. The van der Waals surface area contributed by atoms with Gasteiger partial charge >= 0.3 is 0 Å². The summed E-state index contributed by atoms with van der Waals surface area (Å²) in [5, 5.41) is 1.90. The average molecular weight is 276 g/mol. The molecule has 0 radical (unpaired) electrons. The van der Waals surface area contributed by atoms with E-state index in [2.05, 4.69) is 4.99 Å². The molecule has 0 saturated heterocycles. The molecule has 3 rings (SSSR count). The van der Waals surface area contributed by atoms with Crippen LogP contribution in [0.5, 0.6) is 0 Å². The summed E-state index contributed by atoms with van der Waals surface area (Å²) >= 11 is 1.45. The number of aromatic nitrogens is 1. The minimum absolute atomic E-state index is 0.0486.